The topological polar surface area (TPSA) is 289 Å². The Morgan fingerprint density at radius 2 is 1.60 bits per heavy atom. The number of carbonyl (C=O) groups excluding carboxylic acids is 6. The second-order valence-electron chi connectivity index (χ2n) is 20.5. The van der Waals surface area contributed by atoms with Crippen molar-refractivity contribution in [1.82, 2.24) is 30.4 Å². The number of fused-ring (bicyclic) bond motifs is 2. The van der Waals surface area contributed by atoms with E-state index in [0.29, 0.717) is 60.5 Å². The number of nitrogens with one attached hydrogen (secondary N) is 3. The minimum atomic E-state index is -5.03. The Morgan fingerprint density at radius 3 is 2.31 bits per heavy atom. The molecule has 3 atom stereocenters. The first kappa shape index (κ1) is 66.2. The molecule has 20 nitrogen and oxygen atoms in total. The molecule has 2 aromatic carbocycles. The molecular formula is C59H78N7O13PS3. The van der Waals surface area contributed by atoms with Crippen LogP contribution in [-0.4, -0.2) is 143 Å². The maximum absolute atomic E-state index is 14.9. The summed E-state index contributed by atoms with van der Waals surface area (Å²) in [4.78, 5) is 108. The van der Waals surface area contributed by atoms with Crippen LogP contribution in [-0.2, 0) is 38.7 Å². The van der Waals surface area contributed by atoms with E-state index in [1.807, 2.05) is 66.7 Å². The van der Waals surface area contributed by atoms with Gasteiger partial charge in [0.05, 0.1) is 28.1 Å². The standard InChI is InChI=1S/C59H78N7O13PS3/c1-5-64(6-2)42-26-28-47-52(38-42)79-53-39-43(65(7-3)8-4)27-29-48(53)56(47)45-20-12-13-21-46(45)59(72)66-34-18-22-50(66)58(71)63-49(40-83(76,77)78)51(68)23-11-9-10-19-44(67)37-41(30-35-80(73,74)75)57(70)62-32-16-14-24-54(69)60-33-36-81-82-55-25-15-17-31-61-55/h12-13,15,17,20-21,25-29,31,38-39,41,49-50H,5-11,14,16,18-19,22-24,30,32-37,40H2,1-4H3,(H5-,60,62,63,69,70,71,73,74,75,76,77,78). The third-order valence-corrected chi connectivity index (χ3v) is 18.5. The minimum Gasteiger partial charge on any atom is -0.748 e. The third-order valence-electron chi connectivity index (χ3n) is 14.7. The summed E-state index contributed by atoms with van der Waals surface area (Å²) in [5.74, 6) is -3.87. The molecule has 0 spiro atoms. The largest absolute Gasteiger partial charge is 0.748 e. The predicted molar refractivity (Wildman–Crippen MR) is 324 cm³/mol. The van der Waals surface area contributed by atoms with Crippen molar-refractivity contribution in [3.8, 4) is 22.5 Å². The van der Waals surface area contributed by atoms with Crippen LogP contribution in [0.5, 0.6) is 0 Å². The number of hydrogen-bond donors (Lipinski definition) is 5. The number of unbranched alkanes of at least 4 members (excludes halogenated alkanes) is 3. The van der Waals surface area contributed by atoms with Gasteiger partial charge in [-0.05, 0) is 125 Å². The molecule has 450 valence electrons. The lowest BCUT2D eigenvalue weighted by atomic mass is 9.90. The Hall–Kier alpha value is -5.94. The van der Waals surface area contributed by atoms with Crippen LogP contribution in [0, 0.1) is 5.92 Å². The van der Waals surface area contributed by atoms with E-state index in [1.54, 1.807) is 29.1 Å². The van der Waals surface area contributed by atoms with E-state index < -0.39 is 71.1 Å². The second-order valence-corrected chi connectivity index (χ2v) is 26.1. The molecule has 3 heterocycles. The van der Waals surface area contributed by atoms with E-state index in [2.05, 4.69) is 58.1 Å². The van der Waals surface area contributed by atoms with E-state index in [1.165, 1.54) is 15.7 Å². The van der Waals surface area contributed by atoms with Crippen LogP contribution in [0.2, 0.25) is 0 Å². The van der Waals surface area contributed by atoms with Gasteiger partial charge in [-0.3, -0.25) is 33.3 Å². The highest BCUT2D eigenvalue weighted by Crippen LogP contribution is 2.43. The molecule has 0 radical (unpaired) electrons. The van der Waals surface area contributed by atoms with Crippen LogP contribution >= 0.6 is 29.2 Å². The van der Waals surface area contributed by atoms with Gasteiger partial charge in [0.15, 0.2) is 5.78 Å². The number of pyridine rings is 1. The number of hydrogen-bond acceptors (Lipinski definition) is 15. The number of aromatic nitrogens is 1. The van der Waals surface area contributed by atoms with Crippen molar-refractivity contribution in [2.24, 2.45) is 5.92 Å². The van der Waals surface area contributed by atoms with Crippen LogP contribution in [0.15, 0.2) is 94.5 Å². The van der Waals surface area contributed by atoms with E-state index in [4.69, 9.17) is 4.42 Å². The number of carbonyl (C=O) groups is 6. The maximum atomic E-state index is 14.9. The second kappa shape index (κ2) is 32.4. The summed E-state index contributed by atoms with van der Waals surface area (Å²) in [6.45, 7) is 12.3. The summed E-state index contributed by atoms with van der Waals surface area (Å²) >= 11 is 0. The summed E-state index contributed by atoms with van der Waals surface area (Å²) < 4.78 is 57.1. The molecule has 1 fully saturated rings. The average Bonchev–Trinajstić information content (AvgIpc) is 4.14. The Morgan fingerprint density at radius 1 is 0.867 bits per heavy atom. The van der Waals surface area contributed by atoms with E-state index in [0.717, 1.165) is 58.8 Å². The molecule has 3 aliphatic rings. The fourth-order valence-corrected chi connectivity index (χ4v) is 13.4. The molecule has 4 amide bonds. The maximum Gasteiger partial charge on any atom is 0.325 e. The lowest BCUT2D eigenvalue weighted by molar-refractivity contribution is -0.129. The highest BCUT2D eigenvalue weighted by atomic mass is 33.1. The van der Waals surface area contributed by atoms with Gasteiger partial charge in [0.2, 0.25) is 23.1 Å². The summed E-state index contributed by atoms with van der Waals surface area (Å²) in [6, 6.07) is 22.1. The molecule has 5 N–H and O–H groups in total. The monoisotopic (exact) mass is 1220 g/mol. The van der Waals surface area contributed by atoms with Crippen LogP contribution in [0.3, 0.4) is 0 Å². The normalized spacial score (nSPS) is 14.3. The molecule has 1 aromatic heterocycles. The van der Waals surface area contributed by atoms with Gasteiger partial charge < -0.3 is 44.5 Å². The van der Waals surface area contributed by atoms with Crippen molar-refractivity contribution in [3.05, 3.63) is 96.0 Å². The van der Waals surface area contributed by atoms with Crippen LogP contribution in [0.4, 0.5) is 5.69 Å². The molecule has 83 heavy (non-hydrogen) atoms. The zero-order valence-corrected chi connectivity index (χ0v) is 51.1. The molecule has 0 saturated carbocycles. The molecule has 3 unspecified atom stereocenters. The zero-order valence-electron chi connectivity index (χ0n) is 47.7. The summed E-state index contributed by atoms with van der Waals surface area (Å²) in [5, 5.41) is 10.7. The highest BCUT2D eigenvalue weighted by molar-refractivity contribution is 8.76. The van der Waals surface area contributed by atoms with Crippen molar-refractivity contribution >= 4 is 91.2 Å². The Kier molecular flexibility index (Phi) is 25.8. The number of Topliss-reactive ketones (excluding diaryl/α,β-unsaturated/α-hetero) is 2. The van der Waals surface area contributed by atoms with Gasteiger partial charge in [0, 0.05) is 116 Å². The quantitative estimate of drug-likeness (QED) is 0.00669. The van der Waals surface area contributed by atoms with Crippen molar-refractivity contribution in [2.75, 3.05) is 68.4 Å². The van der Waals surface area contributed by atoms with E-state index in [-0.39, 0.29) is 76.1 Å². The number of likely N-dealkylation sites (tertiary alicyclic amines) is 1. The number of benzene rings is 3. The summed E-state index contributed by atoms with van der Waals surface area (Å²) in [5.41, 5.74) is 4.07. The predicted octanol–water partition coefficient (Wildman–Crippen LogP) is 7.40. The number of ketones is 2. The molecule has 2 aliphatic heterocycles. The molecule has 24 heteroatoms. The first-order valence-corrected chi connectivity index (χ1v) is 34.2. The average molecular weight is 1220 g/mol. The molecule has 3 aromatic rings. The van der Waals surface area contributed by atoms with Crippen LogP contribution in [0.1, 0.15) is 115 Å². The zero-order chi connectivity index (χ0) is 60.1. The van der Waals surface area contributed by atoms with Gasteiger partial charge in [0.25, 0.3) is 5.91 Å². The lowest BCUT2D eigenvalue weighted by Gasteiger charge is -2.28. The van der Waals surface area contributed by atoms with Gasteiger partial charge in [-0.2, -0.15) is 0 Å². The van der Waals surface area contributed by atoms with Crippen LogP contribution in [0.25, 0.3) is 33.4 Å². The lowest BCUT2D eigenvalue weighted by Crippen LogP contribution is -2.52. The van der Waals surface area contributed by atoms with Gasteiger partial charge in [-0.1, -0.05) is 41.5 Å². The van der Waals surface area contributed by atoms with Gasteiger partial charge in [-0.25, -0.2) is 18.0 Å². The first-order chi connectivity index (χ1) is 39.7. The number of rotatable bonds is 34. The molecule has 1 aliphatic carbocycles. The molecule has 6 rings (SSSR count). The van der Waals surface area contributed by atoms with Crippen LogP contribution < -0.4 is 30.8 Å². The Labute approximate surface area is 494 Å². The van der Waals surface area contributed by atoms with Gasteiger partial charge >= 0.3 is 7.60 Å². The molecule has 1 saturated heterocycles. The van der Waals surface area contributed by atoms with Crippen molar-refractivity contribution < 1.29 is 60.5 Å². The Bertz CT molecular complexity index is 3240. The van der Waals surface area contributed by atoms with E-state index in [9.17, 15) is 56.1 Å². The molecule has 0 bridgehead atoms. The van der Waals surface area contributed by atoms with Crippen molar-refractivity contribution in [3.63, 3.8) is 0 Å². The van der Waals surface area contributed by atoms with Gasteiger partial charge in [-0.15, -0.1) is 0 Å². The van der Waals surface area contributed by atoms with E-state index >= 15 is 0 Å². The third kappa shape index (κ3) is 20.1. The van der Waals surface area contributed by atoms with Gasteiger partial charge in [0.1, 0.15) is 47.3 Å². The minimum absolute atomic E-state index is 0.0195. The molecular weight excluding hydrogens is 1140 g/mol. The van der Waals surface area contributed by atoms with Crippen molar-refractivity contribution in [1.29, 1.82) is 0 Å². The highest BCUT2D eigenvalue weighted by Gasteiger charge is 2.38. The number of anilines is 1. The summed E-state index contributed by atoms with van der Waals surface area (Å²) in [6.07, 6.45) is 2.89. The summed E-state index contributed by atoms with van der Waals surface area (Å²) in [7, 11) is -6.44. The smallest absolute Gasteiger partial charge is 0.325 e. The fraction of sp³-hybridized carbons (Fsp3) is 0.492. The first-order valence-electron chi connectivity index (χ1n) is 28.6. The SMILES string of the molecule is CCN(CC)c1ccc2c(-c3ccccc3C(=O)N3CCCC3C(=O)NC(CS(=O)(=O)[O-])C(=O)CCCCCC(=O)CC(CCP(=O)(O)O)C(=O)NCCCCC(=O)NCCSSc3ccccn3)c3ccc(=[N+](CC)CC)cc-3oc2c1. The Balaban J connectivity index is 1.04. The number of nitrogens with zero attached hydrogens (tertiary/aromatic N) is 4. The fourth-order valence-electron chi connectivity index (χ4n) is 10.3. The van der Waals surface area contributed by atoms with Crippen molar-refractivity contribution in [2.45, 2.75) is 122 Å². The number of amides is 4.